The number of anilines is 1. The minimum Gasteiger partial charge on any atom is -0.354 e. The zero-order valence-electron chi connectivity index (χ0n) is 17.7. The molecule has 2 aromatic carbocycles. The van der Waals surface area contributed by atoms with Crippen LogP contribution in [0.3, 0.4) is 0 Å². The normalized spacial score (nSPS) is 14.6. The summed E-state index contributed by atoms with van der Waals surface area (Å²) in [4.78, 5) is 24.6. The zero-order chi connectivity index (χ0) is 22.3. The van der Waals surface area contributed by atoms with Gasteiger partial charge in [-0.1, -0.05) is 37.5 Å². The monoisotopic (exact) mass is 443 g/mol. The van der Waals surface area contributed by atoms with E-state index >= 15 is 0 Å². The van der Waals surface area contributed by atoms with Crippen LogP contribution in [0.1, 0.15) is 48.0 Å². The highest BCUT2D eigenvalue weighted by atomic mass is 32.2. The van der Waals surface area contributed by atoms with Gasteiger partial charge in [0.2, 0.25) is 5.91 Å². The van der Waals surface area contributed by atoms with Crippen LogP contribution >= 0.6 is 0 Å². The summed E-state index contributed by atoms with van der Waals surface area (Å²) in [5, 5.41) is 5.59. The summed E-state index contributed by atoms with van der Waals surface area (Å²) < 4.78 is 27.9. The minimum atomic E-state index is -3.82. The molecule has 0 radical (unpaired) electrons. The van der Waals surface area contributed by atoms with Gasteiger partial charge < -0.3 is 10.6 Å². The molecule has 0 spiro atoms. The molecule has 0 aliphatic heterocycles. The van der Waals surface area contributed by atoms with Crippen molar-refractivity contribution in [3.8, 4) is 0 Å². The summed E-state index contributed by atoms with van der Waals surface area (Å²) in [7, 11) is -3.82. The molecule has 3 rings (SSSR count). The van der Waals surface area contributed by atoms with Crippen LogP contribution in [-0.4, -0.2) is 33.3 Å². The van der Waals surface area contributed by atoms with Crippen molar-refractivity contribution in [2.45, 2.75) is 43.9 Å². The van der Waals surface area contributed by atoms with Gasteiger partial charge in [0.25, 0.3) is 15.9 Å². The Morgan fingerprint density at radius 3 is 2.39 bits per heavy atom. The molecule has 0 bridgehead atoms. The number of rotatable bonds is 8. The van der Waals surface area contributed by atoms with Crippen LogP contribution in [0.4, 0.5) is 5.69 Å². The average molecular weight is 444 g/mol. The highest BCUT2D eigenvalue weighted by Crippen LogP contribution is 2.23. The summed E-state index contributed by atoms with van der Waals surface area (Å²) in [6.45, 7) is 2.49. The van der Waals surface area contributed by atoms with Gasteiger partial charge in [0, 0.05) is 30.3 Å². The van der Waals surface area contributed by atoms with Crippen LogP contribution in [-0.2, 0) is 14.8 Å². The van der Waals surface area contributed by atoms with Gasteiger partial charge in [0.05, 0.1) is 4.90 Å². The number of carbonyl (C=O) groups excluding carboxylic acids is 2. The maximum absolute atomic E-state index is 12.7. The van der Waals surface area contributed by atoms with E-state index in [2.05, 4.69) is 15.4 Å². The Morgan fingerprint density at radius 1 is 0.935 bits per heavy atom. The SMILES string of the molecule is Cc1cccc(NS(=O)(=O)c2cccc(C(=O)NCCNC(=O)C3CCCCC3)c2)c1. The lowest BCUT2D eigenvalue weighted by Crippen LogP contribution is -2.38. The van der Waals surface area contributed by atoms with E-state index in [0.717, 1.165) is 31.2 Å². The lowest BCUT2D eigenvalue weighted by molar-refractivity contribution is -0.125. The number of nitrogens with one attached hydrogen (secondary N) is 3. The Morgan fingerprint density at radius 2 is 1.65 bits per heavy atom. The smallest absolute Gasteiger partial charge is 0.261 e. The summed E-state index contributed by atoms with van der Waals surface area (Å²) in [6.07, 6.45) is 5.22. The molecule has 8 heteroatoms. The van der Waals surface area contributed by atoms with Crippen LogP contribution in [0.2, 0.25) is 0 Å². The minimum absolute atomic E-state index is 0.00672. The topological polar surface area (TPSA) is 104 Å². The van der Waals surface area contributed by atoms with E-state index in [1.165, 1.54) is 24.6 Å². The molecule has 166 valence electrons. The van der Waals surface area contributed by atoms with E-state index in [4.69, 9.17) is 0 Å². The predicted octanol–water partition coefficient (Wildman–Crippen LogP) is 3.22. The van der Waals surface area contributed by atoms with Crippen molar-refractivity contribution in [1.29, 1.82) is 0 Å². The summed E-state index contributed by atoms with van der Waals surface area (Å²) >= 11 is 0. The van der Waals surface area contributed by atoms with Crippen molar-refractivity contribution in [2.24, 2.45) is 5.92 Å². The molecule has 1 aliphatic rings. The second-order valence-electron chi connectivity index (χ2n) is 7.88. The number of hydrogen-bond donors (Lipinski definition) is 3. The number of sulfonamides is 1. The lowest BCUT2D eigenvalue weighted by atomic mass is 9.89. The molecule has 1 fully saturated rings. The van der Waals surface area contributed by atoms with Gasteiger partial charge in [-0.25, -0.2) is 8.42 Å². The van der Waals surface area contributed by atoms with Gasteiger partial charge in [0.1, 0.15) is 0 Å². The van der Waals surface area contributed by atoms with Crippen molar-refractivity contribution in [2.75, 3.05) is 17.8 Å². The number of aryl methyl sites for hydroxylation is 1. The van der Waals surface area contributed by atoms with Crippen molar-refractivity contribution in [3.05, 3.63) is 59.7 Å². The molecular formula is C23H29N3O4S. The largest absolute Gasteiger partial charge is 0.354 e. The maximum atomic E-state index is 12.7. The second kappa shape index (κ2) is 10.4. The highest BCUT2D eigenvalue weighted by Gasteiger charge is 2.20. The Balaban J connectivity index is 1.54. The van der Waals surface area contributed by atoms with Crippen molar-refractivity contribution >= 4 is 27.5 Å². The van der Waals surface area contributed by atoms with Gasteiger partial charge >= 0.3 is 0 Å². The van der Waals surface area contributed by atoms with Gasteiger partial charge in [-0.3, -0.25) is 14.3 Å². The fraction of sp³-hybridized carbons (Fsp3) is 0.391. The summed E-state index contributed by atoms with van der Waals surface area (Å²) in [5.41, 5.74) is 1.64. The quantitative estimate of drug-likeness (QED) is 0.545. The third-order valence-corrected chi connectivity index (χ3v) is 6.74. The summed E-state index contributed by atoms with van der Waals surface area (Å²) in [6, 6.07) is 12.9. The Hall–Kier alpha value is -2.87. The van der Waals surface area contributed by atoms with E-state index in [-0.39, 0.29) is 34.7 Å². The lowest BCUT2D eigenvalue weighted by Gasteiger charge is -2.20. The van der Waals surface area contributed by atoms with Crippen molar-refractivity contribution < 1.29 is 18.0 Å². The van der Waals surface area contributed by atoms with Crippen molar-refractivity contribution in [3.63, 3.8) is 0 Å². The van der Waals surface area contributed by atoms with Gasteiger partial charge in [0.15, 0.2) is 0 Å². The molecule has 31 heavy (non-hydrogen) atoms. The fourth-order valence-electron chi connectivity index (χ4n) is 3.70. The molecular weight excluding hydrogens is 414 g/mol. The first-order valence-corrected chi connectivity index (χ1v) is 12.1. The molecule has 0 atom stereocenters. The molecule has 0 saturated heterocycles. The number of carbonyl (C=O) groups is 2. The first-order chi connectivity index (χ1) is 14.8. The fourth-order valence-corrected chi connectivity index (χ4v) is 4.79. The average Bonchev–Trinajstić information content (AvgIpc) is 2.77. The third-order valence-electron chi connectivity index (χ3n) is 5.36. The Labute approximate surface area is 183 Å². The van der Waals surface area contributed by atoms with E-state index in [0.29, 0.717) is 12.2 Å². The van der Waals surface area contributed by atoms with E-state index in [1.54, 1.807) is 24.3 Å². The highest BCUT2D eigenvalue weighted by molar-refractivity contribution is 7.92. The zero-order valence-corrected chi connectivity index (χ0v) is 18.5. The maximum Gasteiger partial charge on any atom is 0.261 e. The predicted molar refractivity (Wildman–Crippen MR) is 120 cm³/mol. The molecule has 0 aromatic heterocycles. The second-order valence-corrected chi connectivity index (χ2v) is 9.57. The molecule has 2 amide bonds. The Kier molecular flexibility index (Phi) is 7.68. The molecule has 1 saturated carbocycles. The Bertz CT molecular complexity index is 1030. The first kappa shape index (κ1) is 22.8. The number of hydrogen-bond acceptors (Lipinski definition) is 4. The molecule has 2 aromatic rings. The van der Waals surface area contributed by atoms with Crippen LogP contribution in [0.5, 0.6) is 0 Å². The van der Waals surface area contributed by atoms with E-state index < -0.39 is 10.0 Å². The molecule has 0 heterocycles. The first-order valence-electron chi connectivity index (χ1n) is 10.6. The van der Waals surface area contributed by atoms with Crippen LogP contribution in [0, 0.1) is 12.8 Å². The van der Waals surface area contributed by atoms with Gasteiger partial charge in [-0.2, -0.15) is 0 Å². The summed E-state index contributed by atoms with van der Waals surface area (Å²) in [5.74, 6) is -0.268. The van der Waals surface area contributed by atoms with E-state index in [9.17, 15) is 18.0 Å². The van der Waals surface area contributed by atoms with Crippen molar-refractivity contribution in [1.82, 2.24) is 10.6 Å². The molecule has 3 N–H and O–H groups in total. The standard InChI is InChI=1S/C23H29N3O4S/c1-17-7-5-11-20(15-17)26-31(29,30)21-12-6-10-19(16-21)23(28)25-14-13-24-22(27)18-8-3-2-4-9-18/h5-7,10-12,15-16,18,26H,2-4,8-9,13-14H2,1H3,(H,24,27)(H,25,28). The van der Waals surface area contributed by atoms with E-state index in [1.807, 2.05) is 13.0 Å². The van der Waals surface area contributed by atoms with Crippen LogP contribution in [0.25, 0.3) is 0 Å². The number of benzene rings is 2. The third kappa shape index (κ3) is 6.55. The molecule has 0 unspecified atom stereocenters. The molecule has 7 nitrogen and oxygen atoms in total. The molecule has 1 aliphatic carbocycles. The van der Waals surface area contributed by atoms with Crippen LogP contribution in [0.15, 0.2) is 53.4 Å². The van der Waals surface area contributed by atoms with Gasteiger partial charge in [-0.05, 0) is 55.7 Å². The number of amides is 2. The van der Waals surface area contributed by atoms with Gasteiger partial charge in [-0.15, -0.1) is 0 Å². The van der Waals surface area contributed by atoms with Crippen LogP contribution < -0.4 is 15.4 Å².